The van der Waals surface area contributed by atoms with Gasteiger partial charge in [0.15, 0.2) is 0 Å². The summed E-state index contributed by atoms with van der Waals surface area (Å²) in [7, 11) is 1.67. The van der Waals surface area contributed by atoms with Crippen molar-refractivity contribution in [3.8, 4) is 11.5 Å². The second-order valence-corrected chi connectivity index (χ2v) is 8.70. The first-order valence-corrected chi connectivity index (χ1v) is 11.0. The Morgan fingerprint density at radius 1 is 0.966 bits per heavy atom. The maximum absolute atomic E-state index is 6.04. The Hall–Kier alpha value is -2.34. The van der Waals surface area contributed by atoms with Gasteiger partial charge in [0.25, 0.3) is 5.23 Å². The van der Waals surface area contributed by atoms with E-state index in [0.717, 1.165) is 37.6 Å². The molecule has 0 aromatic heterocycles. The molecule has 3 nitrogen and oxygen atoms in total. The van der Waals surface area contributed by atoms with Gasteiger partial charge in [0.1, 0.15) is 11.5 Å². The van der Waals surface area contributed by atoms with Crippen LogP contribution in [0.2, 0.25) is 5.02 Å². The van der Waals surface area contributed by atoms with Crippen LogP contribution in [0.25, 0.3) is 4.91 Å². The van der Waals surface area contributed by atoms with Crippen molar-refractivity contribution >= 4 is 50.9 Å². The Balaban J connectivity index is 1.65. The van der Waals surface area contributed by atoms with Gasteiger partial charge in [0, 0.05) is 20.4 Å². The zero-order valence-corrected chi connectivity index (χ0v) is 18.3. The Labute approximate surface area is 183 Å². The Morgan fingerprint density at radius 2 is 1.69 bits per heavy atom. The maximum atomic E-state index is 6.04. The molecule has 0 bridgehead atoms. The molecule has 4 rings (SSSR count). The highest BCUT2D eigenvalue weighted by molar-refractivity contribution is 8.22. The molecular formula is C23H18ClNO2S2. The van der Waals surface area contributed by atoms with E-state index >= 15 is 0 Å². The van der Waals surface area contributed by atoms with Crippen molar-refractivity contribution < 1.29 is 9.47 Å². The largest absolute Gasteiger partial charge is 0.497 e. The Bertz CT molecular complexity index is 1080. The molecule has 0 N–H and O–H groups in total. The molecule has 6 heteroatoms. The van der Waals surface area contributed by atoms with Gasteiger partial charge < -0.3 is 9.47 Å². The fourth-order valence-corrected chi connectivity index (χ4v) is 4.55. The van der Waals surface area contributed by atoms with Crippen LogP contribution in [0, 0.1) is 6.92 Å². The van der Waals surface area contributed by atoms with Crippen molar-refractivity contribution in [1.82, 2.24) is 0 Å². The predicted molar refractivity (Wildman–Crippen MR) is 125 cm³/mol. The van der Waals surface area contributed by atoms with Gasteiger partial charge in [0.2, 0.25) is 0 Å². The number of methoxy groups -OCH3 is 1. The SMILES string of the molecule is COc1ccc2c(c1)/C(=C/Sc1ccc(Cl)cc1)SC(Oc1ccc(C)cc1)=N2. The van der Waals surface area contributed by atoms with Crippen molar-refractivity contribution in [1.29, 1.82) is 0 Å². The van der Waals surface area contributed by atoms with Gasteiger partial charge in [0.05, 0.1) is 12.8 Å². The minimum Gasteiger partial charge on any atom is -0.497 e. The fourth-order valence-electron chi connectivity index (χ4n) is 2.68. The molecule has 0 unspecified atom stereocenters. The topological polar surface area (TPSA) is 30.8 Å². The second-order valence-electron chi connectivity index (χ2n) is 6.33. The summed E-state index contributed by atoms with van der Waals surface area (Å²) >= 11 is 9.12. The average molecular weight is 440 g/mol. The molecule has 3 aromatic rings. The first-order chi connectivity index (χ1) is 14.1. The van der Waals surface area contributed by atoms with Crippen LogP contribution >= 0.6 is 35.1 Å². The highest BCUT2D eigenvalue weighted by Gasteiger charge is 2.20. The van der Waals surface area contributed by atoms with E-state index in [1.165, 1.54) is 17.3 Å². The minimum absolute atomic E-state index is 0.592. The molecule has 1 heterocycles. The summed E-state index contributed by atoms with van der Waals surface area (Å²) in [6.07, 6.45) is 0. The summed E-state index contributed by atoms with van der Waals surface area (Å²) in [5.74, 6) is 1.56. The van der Waals surface area contributed by atoms with Gasteiger partial charge >= 0.3 is 0 Å². The van der Waals surface area contributed by atoms with Crippen LogP contribution in [0.5, 0.6) is 11.5 Å². The molecule has 0 fully saturated rings. The van der Waals surface area contributed by atoms with E-state index < -0.39 is 0 Å². The van der Waals surface area contributed by atoms with E-state index in [1.807, 2.05) is 66.7 Å². The normalized spacial score (nSPS) is 14.3. The van der Waals surface area contributed by atoms with Crippen LogP contribution in [0.1, 0.15) is 11.1 Å². The van der Waals surface area contributed by atoms with Crippen molar-refractivity contribution in [2.24, 2.45) is 4.99 Å². The van der Waals surface area contributed by atoms with E-state index in [-0.39, 0.29) is 0 Å². The van der Waals surface area contributed by atoms with Gasteiger partial charge in [-0.3, -0.25) is 0 Å². The van der Waals surface area contributed by atoms with Crippen LogP contribution in [0.15, 0.2) is 82.0 Å². The van der Waals surface area contributed by atoms with Crippen LogP contribution < -0.4 is 9.47 Å². The zero-order valence-electron chi connectivity index (χ0n) is 15.9. The maximum Gasteiger partial charge on any atom is 0.261 e. The number of thioether (sulfide) groups is 2. The fraction of sp³-hybridized carbons (Fsp3) is 0.0870. The van der Waals surface area contributed by atoms with Crippen molar-refractivity contribution in [3.05, 3.63) is 88.3 Å². The summed E-state index contributed by atoms with van der Waals surface area (Å²) in [6.45, 7) is 2.05. The van der Waals surface area contributed by atoms with Gasteiger partial charge in [-0.25, -0.2) is 4.99 Å². The van der Waals surface area contributed by atoms with Crippen LogP contribution in [0.3, 0.4) is 0 Å². The smallest absolute Gasteiger partial charge is 0.261 e. The first-order valence-electron chi connectivity index (χ1n) is 8.92. The number of benzene rings is 3. The van der Waals surface area contributed by atoms with Gasteiger partial charge in [-0.1, -0.05) is 41.1 Å². The molecule has 146 valence electrons. The van der Waals surface area contributed by atoms with Gasteiger partial charge in [-0.05, 0) is 78.7 Å². The molecule has 0 saturated carbocycles. The van der Waals surface area contributed by atoms with E-state index in [1.54, 1.807) is 18.9 Å². The lowest BCUT2D eigenvalue weighted by Gasteiger charge is -2.19. The molecule has 0 radical (unpaired) electrons. The third-order valence-corrected chi connectivity index (χ3v) is 6.43. The summed E-state index contributed by atoms with van der Waals surface area (Å²) in [5.41, 5.74) is 3.06. The van der Waals surface area contributed by atoms with Crippen molar-refractivity contribution in [2.75, 3.05) is 7.11 Å². The summed E-state index contributed by atoms with van der Waals surface area (Å²) in [5, 5.41) is 3.43. The number of fused-ring (bicyclic) bond motifs is 1. The lowest BCUT2D eigenvalue weighted by molar-refractivity contribution is 0.414. The Kier molecular flexibility index (Phi) is 6.19. The number of nitrogens with zero attached hydrogens (tertiary/aromatic N) is 1. The number of aryl methyl sites for hydroxylation is 1. The summed E-state index contributed by atoms with van der Waals surface area (Å²) in [6, 6.07) is 21.6. The van der Waals surface area contributed by atoms with Gasteiger partial charge in [-0.15, -0.1) is 0 Å². The van der Waals surface area contributed by atoms with E-state index in [9.17, 15) is 0 Å². The molecular weight excluding hydrogens is 422 g/mol. The third kappa shape index (κ3) is 4.99. The number of aliphatic imine (C=N–C) groups is 1. The predicted octanol–water partition coefficient (Wildman–Crippen LogP) is 7.56. The quantitative estimate of drug-likeness (QED) is 0.392. The molecule has 1 aliphatic rings. The zero-order chi connectivity index (χ0) is 20.2. The Morgan fingerprint density at radius 3 is 2.41 bits per heavy atom. The minimum atomic E-state index is 0.592. The highest BCUT2D eigenvalue weighted by Crippen LogP contribution is 2.44. The van der Waals surface area contributed by atoms with Crippen LogP contribution in [-0.4, -0.2) is 12.3 Å². The standard InChI is InChI=1S/C23H18ClNO2S2/c1-15-3-7-17(8-4-15)27-23-25-21-12-9-18(26-2)13-20(21)22(29-23)14-28-19-10-5-16(24)6-11-19/h3-14H,1-2H3/b22-14-. The number of rotatable bonds is 4. The van der Waals surface area contributed by atoms with Gasteiger partial charge in [-0.2, -0.15) is 0 Å². The molecule has 1 aliphatic heterocycles. The average Bonchev–Trinajstić information content (AvgIpc) is 2.74. The lowest BCUT2D eigenvalue weighted by atomic mass is 10.1. The van der Waals surface area contributed by atoms with E-state index in [4.69, 9.17) is 21.1 Å². The molecule has 0 spiro atoms. The van der Waals surface area contributed by atoms with E-state index in [0.29, 0.717) is 5.23 Å². The van der Waals surface area contributed by atoms with Crippen LogP contribution in [-0.2, 0) is 0 Å². The summed E-state index contributed by atoms with van der Waals surface area (Å²) < 4.78 is 11.4. The number of hydrogen-bond acceptors (Lipinski definition) is 5. The summed E-state index contributed by atoms with van der Waals surface area (Å²) in [4.78, 5) is 6.85. The molecule has 3 aromatic carbocycles. The molecule has 0 atom stereocenters. The second kappa shape index (κ2) is 8.99. The first kappa shape index (κ1) is 20.0. The van der Waals surface area contributed by atoms with Crippen molar-refractivity contribution in [3.63, 3.8) is 0 Å². The number of hydrogen-bond donors (Lipinski definition) is 0. The molecule has 0 amide bonds. The van der Waals surface area contributed by atoms with E-state index in [2.05, 4.69) is 17.3 Å². The monoisotopic (exact) mass is 439 g/mol. The van der Waals surface area contributed by atoms with Crippen molar-refractivity contribution in [2.45, 2.75) is 11.8 Å². The lowest BCUT2D eigenvalue weighted by Crippen LogP contribution is -2.07. The number of halogens is 1. The molecule has 0 aliphatic carbocycles. The highest BCUT2D eigenvalue weighted by atomic mass is 35.5. The molecule has 29 heavy (non-hydrogen) atoms. The van der Waals surface area contributed by atoms with Crippen LogP contribution in [0.4, 0.5) is 5.69 Å². The molecule has 0 saturated heterocycles. The number of ether oxygens (including phenoxy) is 2. The third-order valence-electron chi connectivity index (χ3n) is 4.22.